The third-order valence-corrected chi connectivity index (χ3v) is 4.24. The van der Waals surface area contributed by atoms with Gasteiger partial charge >= 0.3 is 5.97 Å². The number of rotatable bonds is 7. The molecule has 0 amide bonds. The largest absolute Gasteiger partial charge is 0.481 e. The molecule has 0 aromatic rings. The van der Waals surface area contributed by atoms with Gasteiger partial charge in [-0.25, -0.2) is 8.42 Å². The average Bonchev–Trinajstić information content (AvgIpc) is 2.99. The molecule has 1 rings (SSSR count). The molecule has 7 heteroatoms. The van der Waals surface area contributed by atoms with Crippen molar-refractivity contribution in [3.8, 4) is 6.07 Å². The van der Waals surface area contributed by atoms with Gasteiger partial charge in [-0.1, -0.05) is 0 Å². The summed E-state index contributed by atoms with van der Waals surface area (Å²) in [6.07, 6.45) is 1.36. The molecule has 1 saturated carbocycles. The molecule has 0 atom stereocenters. The molecule has 16 heavy (non-hydrogen) atoms. The fourth-order valence-electron chi connectivity index (χ4n) is 1.41. The third-order valence-electron chi connectivity index (χ3n) is 2.33. The first kappa shape index (κ1) is 12.9. The number of sulfonamides is 1. The minimum atomic E-state index is -3.53. The van der Waals surface area contributed by atoms with Crippen molar-refractivity contribution in [1.29, 1.82) is 5.26 Å². The van der Waals surface area contributed by atoms with E-state index in [1.54, 1.807) is 0 Å². The summed E-state index contributed by atoms with van der Waals surface area (Å²) in [5.74, 6) is -1.51. The van der Waals surface area contributed by atoms with Gasteiger partial charge in [0, 0.05) is 19.0 Å². The number of aliphatic carboxylic acids is 1. The van der Waals surface area contributed by atoms with Crippen LogP contribution in [0, 0.1) is 11.3 Å². The molecule has 0 unspecified atom stereocenters. The van der Waals surface area contributed by atoms with E-state index in [0.29, 0.717) is 0 Å². The highest BCUT2D eigenvalue weighted by atomic mass is 32.2. The number of nitriles is 1. The number of carboxylic acid groups (broad SMARTS) is 1. The molecule has 0 heterocycles. The average molecular weight is 246 g/mol. The fraction of sp³-hybridized carbons (Fsp3) is 0.778. The first-order valence-electron chi connectivity index (χ1n) is 5.05. The minimum Gasteiger partial charge on any atom is -0.481 e. The Bertz CT molecular complexity index is 394. The molecule has 1 aliphatic carbocycles. The van der Waals surface area contributed by atoms with Crippen LogP contribution in [0.4, 0.5) is 0 Å². The van der Waals surface area contributed by atoms with Gasteiger partial charge in [-0.2, -0.15) is 9.57 Å². The summed E-state index contributed by atoms with van der Waals surface area (Å²) in [5.41, 5.74) is 0. The lowest BCUT2D eigenvalue weighted by atomic mass is 10.4. The first-order valence-corrected chi connectivity index (χ1v) is 6.66. The maximum Gasteiger partial charge on any atom is 0.304 e. The monoisotopic (exact) mass is 246 g/mol. The normalized spacial score (nSPS) is 16.0. The molecule has 0 saturated heterocycles. The predicted molar refractivity (Wildman–Crippen MR) is 56.0 cm³/mol. The SMILES string of the molecule is N#CCCN(C1CC1)S(=O)(=O)CCC(=O)O. The third kappa shape index (κ3) is 3.79. The molecule has 6 nitrogen and oxygen atoms in total. The number of carbonyl (C=O) groups is 1. The molecule has 0 bridgehead atoms. The van der Waals surface area contributed by atoms with Crippen LogP contribution in [0.25, 0.3) is 0 Å². The smallest absolute Gasteiger partial charge is 0.304 e. The standard InChI is InChI=1S/C9H14N2O4S/c10-5-1-6-11(8-2-3-8)16(14,15)7-4-9(12)13/h8H,1-4,6-7H2,(H,12,13). The number of hydrogen-bond donors (Lipinski definition) is 1. The van der Waals surface area contributed by atoms with Crippen LogP contribution in [0.5, 0.6) is 0 Å². The lowest BCUT2D eigenvalue weighted by molar-refractivity contribution is -0.136. The van der Waals surface area contributed by atoms with Crippen LogP contribution < -0.4 is 0 Å². The van der Waals surface area contributed by atoms with Crippen molar-refractivity contribution >= 4 is 16.0 Å². The second-order valence-corrected chi connectivity index (χ2v) is 5.75. The Morgan fingerprint density at radius 2 is 2.12 bits per heavy atom. The summed E-state index contributed by atoms with van der Waals surface area (Å²) >= 11 is 0. The molecule has 1 aliphatic rings. The zero-order chi connectivity index (χ0) is 12.2. The summed E-state index contributed by atoms with van der Waals surface area (Å²) in [6, 6.07) is 1.87. The van der Waals surface area contributed by atoms with Crippen molar-refractivity contribution in [3.63, 3.8) is 0 Å². The van der Waals surface area contributed by atoms with Gasteiger partial charge in [0.05, 0.1) is 18.2 Å². The van der Waals surface area contributed by atoms with E-state index in [2.05, 4.69) is 0 Å². The summed E-state index contributed by atoms with van der Waals surface area (Å²) in [6.45, 7) is 0.170. The Hall–Kier alpha value is -1.13. The number of hydrogen-bond acceptors (Lipinski definition) is 4. The van der Waals surface area contributed by atoms with Crippen LogP contribution in [-0.2, 0) is 14.8 Å². The highest BCUT2D eigenvalue weighted by molar-refractivity contribution is 7.89. The number of carboxylic acids is 1. The number of nitrogens with zero attached hydrogens (tertiary/aromatic N) is 2. The summed E-state index contributed by atoms with van der Waals surface area (Å²) in [5, 5.41) is 16.9. The van der Waals surface area contributed by atoms with Crippen LogP contribution in [-0.4, -0.2) is 42.1 Å². The summed E-state index contributed by atoms with van der Waals surface area (Å²) in [4.78, 5) is 10.3. The van der Waals surface area contributed by atoms with E-state index in [1.165, 1.54) is 4.31 Å². The lowest BCUT2D eigenvalue weighted by Gasteiger charge is -2.19. The highest BCUT2D eigenvalue weighted by Gasteiger charge is 2.36. The second-order valence-electron chi connectivity index (χ2n) is 3.71. The second kappa shape index (κ2) is 5.27. The predicted octanol–water partition coefficient (Wildman–Crippen LogP) is 0.169. The maximum absolute atomic E-state index is 11.8. The molecule has 0 radical (unpaired) electrons. The Labute approximate surface area is 94.5 Å². The van der Waals surface area contributed by atoms with E-state index < -0.39 is 22.4 Å². The van der Waals surface area contributed by atoms with Gasteiger partial charge in [-0.15, -0.1) is 0 Å². The highest BCUT2D eigenvalue weighted by Crippen LogP contribution is 2.29. The van der Waals surface area contributed by atoms with Crippen molar-refractivity contribution in [2.75, 3.05) is 12.3 Å². The van der Waals surface area contributed by atoms with Gasteiger partial charge in [-0.05, 0) is 12.8 Å². The van der Waals surface area contributed by atoms with Crippen LogP contribution in [0.1, 0.15) is 25.7 Å². The summed E-state index contributed by atoms with van der Waals surface area (Å²) < 4.78 is 24.8. The van der Waals surface area contributed by atoms with E-state index >= 15 is 0 Å². The topological polar surface area (TPSA) is 98.5 Å². The minimum absolute atomic E-state index is 0.0212. The van der Waals surface area contributed by atoms with E-state index in [9.17, 15) is 13.2 Å². The fourth-order valence-corrected chi connectivity index (χ4v) is 3.11. The summed E-state index contributed by atoms with van der Waals surface area (Å²) in [7, 11) is -3.53. The Morgan fingerprint density at radius 1 is 1.50 bits per heavy atom. The van der Waals surface area contributed by atoms with E-state index in [0.717, 1.165) is 12.8 Å². The van der Waals surface area contributed by atoms with Crippen LogP contribution in [0.3, 0.4) is 0 Å². The van der Waals surface area contributed by atoms with Gasteiger partial charge in [0.1, 0.15) is 0 Å². The molecule has 0 spiro atoms. The van der Waals surface area contributed by atoms with Crippen LogP contribution in [0.2, 0.25) is 0 Å². The van der Waals surface area contributed by atoms with Crippen LogP contribution in [0.15, 0.2) is 0 Å². The molecular formula is C9H14N2O4S. The zero-order valence-electron chi connectivity index (χ0n) is 8.79. The van der Waals surface area contributed by atoms with E-state index in [-0.39, 0.29) is 24.8 Å². The van der Waals surface area contributed by atoms with E-state index in [4.69, 9.17) is 10.4 Å². The van der Waals surface area contributed by atoms with Crippen molar-refractivity contribution < 1.29 is 18.3 Å². The van der Waals surface area contributed by atoms with Crippen molar-refractivity contribution in [2.45, 2.75) is 31.7 Å². The Balaban J connectivity index is 2.61. The van der Waals surface area contributed by atoms with Gasteiger partial charge in [0.15, 0.2) is 0 Å². The van der Waals surface area contributed by atoms with Gasteiger partial charge in [0.2, 0.25) is 10.0 Å². The molecule has 90 valence electrons. The maximum atomic E-state index is 11.8. The van der Waals surface area contributed by atoms with Gasteiger partial charge in [-0.3, -0.25) is 4.79 Å². The van der Waals surface area contributed by atoms with Crippen molar-refractivity contribution in [1.82, 2.24) is 4.31 Å². The zero-order valence-corrected chi connectivity index (χ0v) is 9.61. The lowest BCUT2D eigenvalue weighted by Crippen LogP contribution is -2.36. The first-order chi connectivity index (χ1) is 7.47. The molecule has 1 N–H and O–H groups in total. The Morgan fingerprint density at radius 3 is 2.56 bits per heavy atom. The van der Waals surface area contributed by atoms with Gasteiger partial charge in [0.25, 0.3) is 0 Å². The Kier molecular flexibility index (Phi) is 4.26. The molecule has 0 aromatic carbocycles. The van der Waals surface area contributed by atoms with Gasteiger partial charge < -0.3 is 5.11 Å². The van der Waals surface area contributed by atoms with Crippen LogP contribution >= 0.6 is 0 Å². The molecule has 1 fully saturated rings. The molecule has 0 aliphatic heterocycles. The van der Waals surface area contributed by atoms with E-state index in [1.807, 2.05) is 6.07 Å². The molecule has 0 aromatic heterocycles. The quantitative estimate of drug-likeness (QED) is 0.690. The van der Waals surface area contributed by atoms with Crippen molar-refractivity contribution in [2.24, 2.45) is 0 Å². The van der Waals surface area contributed by atoms with Crippen molar-refractivity contribution in [3.05, 3.63) is 0 Å². The molecular weight excluding hydrogens is 232 g/mol.